The van der Waals surface area contributed by atoms with E-state index in [1.54, 1.807) is 42.1 Å². The first kappa shape index (κ1) is 85.0. The van der Waals surface area contributed by atoms with Crippen LogP contribution in [0.4, 0.5) is 0 Å². The molecule has 30 nitrogen and oxygen atoms in total. The summed E-state index contributed by atoms with van der Waals surface area (Å²) in [5.41, 5.74) is 8.80. The number of amides is 7. The third kappa shape index (κ3) is 27.8. The number of Topliss-reactive ketones (excluding diaryl/α,β-unsaturated/α-hetero) is 3. The zero-order valence-corrected chi connectivity index (χ0v) is 66.3. The van der Waals surface area contributed by atoms with E-state index in [1.165, 1.54) is 40.2 Å². The third-order valence-corrected chi connectivity index (χ3v) is 26.9. The second kappa shape index (κ2) is 43.5. The van der Waals surface area contributed by atoms with Gasteiger partial charge in [0.05, 0.1) is 24.0 Å². The molecule has 0 saturated carbocycles. The molecule has 106 heavy (non-hydrogen) atoms. The van der Waals surface area contributed by atoms with Crippen LogP contribution in [0.15, 0.2) is 48.5 Å². The number of fused-ring (bicyclic) bond motifs is 11. The van der Waals surface area contributed by atoms with Crippen molar-refractivity contribution in [1.29, 1.82) is 0 Å². The van der Waals surface area contributed by atoms with Gasteiger partial charge in [-0.15, -0.1) is 0 Å². The van der Waals surface area contributed by atoms with Crippen LogP contribution in [0.2, 0.25) is 0 Å². The van der Waals surface area contributed by atoms with E-state index in [-0.39, 0.29) is 107 Å². The molecular weight excluding hydrogens is 1530 g/mol. The molecule has 2 aromatic rings. The number of aliphatic carboxylic acids is 1. The molecule has 2 unspecified atom stereocenters. The third-order valence-electron chi connectivity index (χ3n) is 19.5. The second-order valence-electron chi connectivity index (χ2n) is 28.0. The average molecular weight is 1640 g/mol. The Labute approximate surface area is 640 Å². The van der Waals surface area contributed by atoms with E-state index < -0.39 is 155 Å². The van der Waals surface area contributed by atoms with Gasteiger partial charge in [0.25, 0.3) is 0 Å². The quantitative estimate of drug-likeness (QED) is 0.0759. The fourth-order valence-corrected chi connectivity index (χ4v) is 19.7. The Morgan fingerprint density at radius 3 is 1.83 bits per heavy atom. The van der Waals surface area contributed by atoms with Gasteiger partial charge in [-0.2, -0.15) is 35.3 Å². The van der Waals surface area contributed by atoms with E-state index in [9.17, 15) is 72.5 Å². The number of aliphatic hydroxyl groups excluding tert-OH is 1. The number of nitrogens with one attached hydrogen (secondary N) is 4. The van der Waals surface area contributed by atoms with Crippen molar-refractivity contribution in [2.24, 2.45) is 17.6 Å². The van der Waals surface area contributed by atoms with E-state index in [1.807, 2.05) is 38.7 Å². The van der Waals surface area contributed by atoms with Crippen LogP contribution >= 0.6 is 35.3 Å². The molecular formula is C72H102InN11O19S3. The maximum absolute atomic E-state index is 15.0. The molecule has 6 bridgehead atoms. The van der Waals surface area contributed by atoms with Gasteiger partial charge in [0.15, 0.2) is 5.78 Å². The normalized spacial score (nSPS) is 25.9. The van der Waals surface area contributed by atoms with Gasteiger partial charge in [0.1, 0.15) is 36.5 Å². The molecule has 2 aromatic carbocycles. The molecule has 8 N–H and O–H groups in total. The van der Waals surface area contributed by atoms with E-state index in [0.717, 1.165) is 29.5 Å². The first-order chi connectivity index (χ1) is 50.9. The fourth-order valence-electron chi connectivity index (χ4n) is 13.8. The van der Waals surface area contributed by atoms with Gasteiger partial charge < -0.3 is 47.0 Å². The Kier molecular flexibility index (Phi) is 34.9. The van der Waals surface area contributed by atoms with Gasteiger partial charge in [0.2, 0.25) is 41.4 Å². The summed E-state index contributed by atoms with van der Waals surface area (Å²) in [6.45, 7) is 6.35. The van der Waals surface area contributed by atoms with Crippen molar-refractivity contribution in [2.45, 2.75) is 164 Å². The number of aliphatic hydroxyl groups is 1. The number of carbonyl (C=O) groups excluding carboxylic acids is 13. The minimum Gasteiger partial charge on any atom is -0.480 e. The smallest absolute Gasteiger partial charge is 0.322 e. The summed E-state index contributed by atoms with van der Waals surface area (Å²) < 4.78 is 16.5. The number of benzene rings is 2. The Hall–Kier alpha value is -6.66. The number of carboxylic acids is 1. The average Bonchev–Trinajstić information content (AvgIpc) is 1.63. The molecule has 580 valence electrons. The van der Waals surface area contributed by atoms with Crippen molar-refractivity contribution in [1.82, 2.24) is 50.7 Å². The zero-order valence-electron chi connectivity index (χ0n) is 60.6. The van der Waals surface area contributed by atoms with Crippen LogP contribution in [0.3, 0.4) is 0 Å². The van der Waals surface area contributed by atoms with Crippen LogP contribution in [-0.2, 0) is 99.4 Å². The summed E-state index contributed by atoms with van der Waals surface area (Å²) in [4.78, 5) is 204. The van der Waals surface area contributed by atoms with E-state index >= 15 is 4.79 Å². The molecule has 0 radical (unpaired) electrons. The molecule has 6 aliphatic rings. The molecule has 0 spiro atoms. The minimum atomic E-state index is -4.31. The number of carboxylic acid groups (broad SMARTS) is 1. The van der Waals surface area contributed by atoms with Crippen molar-refractivity contribution in [3.8, 4) is 0 Å². The van der Waals surface area contributed by atoms with Crippen LogP contribution < -0.4 is 27.0 Å². The first-order valence-electron chi connectivity index (χ1n) is 36.8. The van der Waals surface area contributed by atoms with Gasteiger partial charge >= 0.3 is 197 Å². The summed E-state index contributed by atoms with van der Waals surface area (Å²) in [6.07, 6.45) is 1.80. The van der Waals surface area contributed by atoms with Gasteiger partial charge in [-0.25, -0.2) is 0 Å². The molecule has 6 aliphatic heterocycles. The Morgan fingerprint density at radius 2 is 1.24 bits per heavy atom. The molecule has 6 heterocycles. The van der Waals surface area contributed by atoms with Crippen molar-refractivity contribution in [3.63, 3.8) is 0 Å². The zero-order chi connectivity index (χ0) is 76.2. The van der Waals surface area contributed by atoms with Crippen LogP contribution in [0, 0.1) is 11.8 Å². The van der Waals surface area contributed by atoms with Crippen molar-refractivity contribution in [3.05, 3.63) is 70.8 Å². The largest absolute Gasteiger partial charge is 0.480 e. The first-order valence-corrected chi connectivity index (χ1v) is 44.3. The number of carbonyl (C=O) groups is 14. The predicted octanol–water partition coefficient (Wildman–Crippen LogP) is 0.870. The number of rotatable bonds is 23. The molecule has 0 aliphatic carbocycles. The Bertz CT molecular complexity index is 3400. The number of hydrogen-bond donors (Lipinski definition) is 7. The van der Waals surface area contributed by atoms with Crippen molar-refractivity contribution >= 4 is 141 Å². The van der Waals surface area contributed by atoms with Gasteiger partial charge in [-0.05, 0) is 74.1 Å². The number of ketones is 3. The van der Waals surface area contributed by atoms with Gasteiger partial charge in [0, 0.05) is 67.5 Å². The fraction of sp³-hybridized carbons (Fsp3) is 0.639. The van der Waals surface area contributed by atoms with Crippen LogP contribution in [0.5, 0.6) is 0 Å². The second-order valence-corrected chi connectivity index (χ2v) is 34.9. The van der Waals surface area contributed by atoms with E-state index in [4.69, 9.17) is 14.3 Å². The topological polar surface area (TPSA) is 401 Å². The summed E-state index contributed by atoms with van der Waals surface area (Å²) in [5.74, 6) is -9.01. The summed E-state index contributed by atoms with van der Waals surface area (Å²) in [7, 11) is 0. The summed E-state index contributed by atoms with van der Waals surface area (Å²) in [5, 5.41) is 31.0. The Balaban J connectivity index is 1.04. The van der Waals surface area contributed by atoms with Crippen molar-refractivity contribution in [2.75, 3.05) is 115 Å². The number of unbranched alkanes of at least 4 members (excludes halogenated alkanes) is 2. The SMILES string of the molecule is CCCCCC(=O)C[C@H]1CSCc2cc(CSCCCC(=O)CN3CCN4CCN5CCN(CC3)CC(=O)[O][In]([O]C(=O)C4)[O]C(=O)C5)cc(c2)CSC[C@@H](C(=O)NCC(=O)O)CC(=O)[C@H](Cc2ccccc2)NC(=O)[C@H](CCC(N)=O)NC(=O)[C@H]([C@@H](C)O)NC(=O)[C@@H]2CCCN2C(=O)[C@@H]2CCCN2C1=O. The molecule has 34 heteroatoms. The van der Waals surface area contributed by atoms with Gasteiger partial charge in [-0.3, -0.25) is 47.9 Å². The maximum Gasteiger partial charge on any atom is 0.322 e. The summed E-state index contributed by atoms with van der Waals surface area (Å²) in [6, 6.07) is 8.00. The van der Waals surface area contributed by atoms with E-state index in [0.29, 0.717) is 113 Å². The molecule has 5 fully saturated rings. The molecule has 10 atom stereocenters. The standard InChI is InChI=1S/C72H105N11O19S3.In/c1-3-4-6-14-54(85)35-53-46-105-44-51-32-49(42-103-30-11-15-55(86)38-78-22-24-79(39-63(91)92)26-28-81(41-65(95)96)29-27-80(25-23-78)40-64(93)94)31-50(33-51)43-104-45-52(67(97)74-37-62(89)90)36-60(87)57(34-48-12-7-5-8-13-48)76-68(98)56(18-19-61(73)88)75-70(100)66(47(2)84)77-69(99)58-16-9-20-82(58)72(102)59-17-10-21-83(59)71(53)101;/h5,7-8,12-13,31-33,47,52-53,56-59,66,84H,3-4,6,9-11,14-30,34-46H2,1-2H3,(H2,73,88)(H,74,97)(H,75,100)(H,76,98)(H,77,99)(H,89,90)(H,91,92)(H,93,94)(H,95,96);/q;+3/p-3/t47-,52+,53+,56+,57+,58+,59+,66+;/m1./s1. The summed E-state index contributed by atoms with van der Waals surface area (Å²) >= 11 is 0.0870. The molecule has 0 aromatic heterocycles. The molecule has 8 rings (SSSR count). The molecule has 5 saturated heterocycles. The van der Waals surface area contributed by atoms with Crippen LogP contribution in [0.1, 0.15) is 126 Å². The van der Waals surface area contributed by atoms with Crippen LogP contribution in [-0.4, -0.2) is 297 Å². The number of nitrogens with zero attached hydrogens (tertiary/aromatic N) is 6. The van der Waals surface area contributed by atoms with E-state index in [2.05, 4.69) is 27.3 Å². The maximum atomic E-state index is 15.0. The number of hydrogen-bond acceptors (Lipinski definition) is 25. The number of nitrogens with two attached hydrogens (primary N) is 1. The predicted molar refractivity (Wildman–Crippen MR) is 395 cm³/mol. The number of primary amides is 1. The molecule has 7 amide bonds. The van der Waals surface area contributed by atoms with Crippen LogP contribution in [0.25, 0.3) is 0 Å². The van der Waals surface area contributed by atoms with Gasteiger partial charge in [-0.1, -0.05) is 68.3 Å². The Morgan fingerprint density at radius 1 is 0.660 bits per heavy atom. The number of thioether (sulfide) groups is 3. The van der Waals surface area contributed by atoms with Crippen molar-refractivity contribution < 1.29 is 85.9 Å². The monoisotopic (exact) mass is 1640 g/mol. The minimum absolute atomic E-state index is 0.00399.